The van der Waals surface area contributed by atoms with Gasteiger partial charge in [-0.2, -0.15) is 0 Å². The third-order valence-electron chi connectivity index (χ3n) is 5.94. The van der Waals surface area contributed by atoms with E-state index >= 15 is 0 Å². The first kappa shape index (κ1) is 34.9. The Hall–Kier alpha value is -4.34. The van der Waals surface area contributed by atoms with Gasteiger partial charge in [-0.05, 0) is 95.7 Å². The lowest BCUT2D eigenvalue weighted by atomic mass is 10.1. The number of amides is 3. The monoisotopic (exact) mass is 595 g/mol. The van der Waals surface area contributed by atoms with E-state index in [0.29, 0.717) is 24.9 Å². The molecule has 0 atom stereocenters. The zero-order valence-electron chi connectivity index (χ0n) is 26.6. The molecular weight excluding hydrogens is 550 g/mol. The lowest BCUT2D eigenvalue weighted by Crippen LogP contribution is -2.51. The number of esters is 1. The number of nitrogens with one attached hydrogen (secondary N) is 1. The van der Waals surface area contributed by atoms with Crippen molar-refractivity contribution in [1.82, 2.24) is 10.0 Å². The highest BCUT2D eigenvalue weighted by Crippen LogP contribution is 2.17. The molecule has 43 heavy (non-hydrogen) atoms. The van der Waals surface area contributed by atoms with E-state index in [1.807, 2.05) is 48.5 Å². The van der Waals surface area contributed by atoms with Crippen LogP contribution in [0.3, 0.4) is 0 Å². The summed E-state index contributed by atoms with van der Waals surface area (Å²) in [5.41, 5.74) is 2.12. The van der Waals surface area contributed by atoms with Crippen LogP contribution in [0.4, 0.5) is 15.3 Å². The van der Waals surface area contributed by atoms with Gasteiger partial charge in [-0.15, -0.1) is 0 Å². The molecule has 0 aliphatic carbocycles. The Morgan fingerprint density at radius 2 is 1.33 bits per heavy atom. The minimum atomic E-state index is -0.737. The van der Waals surface area contributed by atoms with Crippen LogP contribution in [-0.2, 0) is 36.6 Å². The second kappa shape index (κ2) is 15.8. The van der Waals surface area contributed by atoms with Crippen LogP contribution in [0.15, 0.2) is 54.6 Å². The average Bonchev–Trinajstić information content (AvgIpc) is 2.91. The number of anilines is 1. The van der Waals surface area contributed by atoms with Crippen molar-refractivity contribution in [2.45, 2.75) is 78.4 Å². The molecule has 0 saturated carbocycles. The van der Waals surface area contributed by atoms with Crippen molar-refractivity contribution in [1.29, 1.82) is 0 Å². The maximum atomic E-state index is 12.9. The van der Waals surface area contributed by atoms with Gasteiger partial charge in [-0.3, -0.25) is 4.79 Å². The van der Waals surface area contributed by atoms with Crippen LogP contribution in [0.2, 0.25) is 0 Å². The van der Waals surface area contributed by atoms with Gasteiger partial charge >= 0.3 is 18.2 Å². The largest absolute Gasteiger partial charge is 0.466 e. The third-order valence-corrected chi connectivity index (χ3v) is 5.94. The predicted molar refractivity (Wildman–Crippen MR) is 166 cm³/mol. The summed E-state index contributed by atoms with van der Waals surface area (Å²) in [4.78, 5) is 49.3. The summed E-state index contributed by atoms with van der Waals surface area (Å²) < 4.78 is 15.5. The minimum absolute atomic E-state index is 0.0829. The molecule has 2 aromatic carbocycles. The zero-order chi connectivity index (χ0) is 32.2. The average molecular weight is 596 g/mol. The Balaban J connectivity index is 1.89. The van der Waals surface area contributed by atoms with Crippen LogP contribution in [-0.4, -0.2) is 66.0 Å². The molecule has 0 heterocycles. The van der Waals surface area contributed by atoms with Crippen molar-refractivity contribution in [2.24, 2.45) is 0 Å². The van der Waals surface area contributed by atoms with Crippen molar-refractivity contribution in [3.8, 4) is 0 Å². The lowest BCUT2D eigenvalue weighted by molar-refractivity contribution is -0.134. The Morgan fingerprint density at radius 3 is 1.88 bits per heavy atom. The number of hydrogen-bond acceptors (Lipinski definition) is 7. The molecule has 0 aromatic heterocycles. The maximum absolute atomic E-state index is 12.9. The van der Waals surface area contributed by atoms with Crippen molar-refractivity contribution in [3.05, 3.63) is 71.3 Å². The van der Waals surface area contributed by atoms with Gasteiger partial charge < -0.3 is 19.5 Å². The Labute approximate surface area is 254 Å². The van der Waals surface area contributed by atoms with E-state index in [-0.39, 0.29) is 12.5 Å². The summed E-state index contributed by atoms with van der Waals surface area (Å²) in [6, 6.07) is 15.1. The molecular formula is C33H45N3O7. The van der Waals surface area contributed by atoms with Gasteiger partial charge in [0.25, 0.3) is 0 Å². The minimum Gasteiger partial charge on any atom is -0.466 e. The number of hydrogen-bond donors (Lipinski definition) is 1. The normalized spacial score (nSPS) is 11.5. The quantitative estimate of drug-likeness (QED) is 0.146. The van der Waals surface area contributed by atoms with Crippen molar-refractivity contribution < 1.29 is 33.4 Å². The van der Waals surface area contributed by atoms with E-state index in [9.17, 15) is 19.2 Å². The smallest absolute Gasteiger partial charge is 0.429 e. The molecule has 0 unspecified atom stereocenters. The molecule has 3 amide bonds. The van der Waals surface area contributed by atoms with E-state index in [4.69, 9.17) is 9.47 Å². The van der Waals surface area contributed by atoms with E-state index < -0.39 is 29.4 Å². The van der Waals surface area contributed by atoms with Gasteiger partial charge in [0.15, 0.2) is 0 Å². The third kappa shape index (κ3) is 13.5. The standard InChI is InChI=1S/C33H45N3O7/c1-32(2,3)42-30(39)35(7)36(31(40)43-33(4,5)6)23-22-26-16-19-27(20-17-26)34-28(37)11-9-10-24-12-14-25(15-13-24)18-21-29(38)41-8/h12-21H,9-11,22-23H2,1-8H3,(H,34,37)/b21-18+. The highest BCUT2D eigenvalue weighted by Gasteiger charge is 2.30. The van der Waals surface area contributed by atoms with Crippen molar-refractivity contribution in [3.63, 3.8) is 0 Å². The van der Waals surface area contributed by atoms with Crippen LogP contribution < -0.4 is 5.32 Å². The lowest BCUT2D eigenvalue weighted by Gasteiger charge is -2.34. The molecule has 10 heteroatoms. The van der Waals surface area contributed by atoms with Crippen molar-refractivity contribution in [2.75, 3.05) is 26.0 Å². The molecule has 0 saturated heterocycles. The SMILES string of the molecule is COC(=O)/C=C/c1ccc(CCCC(=O)Nc2ccc(CCN(C(=O)OC(C)(C)C)N(C)C(=O)OC(C)(C)C)cc2)cc1. The second-order valence-electron chi connectivity index (χ2n) is 12.1. The number of nitrogens with zero attached hydrogens (tertiary/aromatic N) is 2. The fraction of sp³-hybridized carbons (Fsp3) is 0.455. The van der Waals surface area contributed by atoms with Gasteiger partial charge in [0, 0.05) is 25.2 Å². The topological polar surface area (TPSA) is 114 Å². The fourth-order valence-corrected chi connectivity index (χ4v) is 3.80. The summed E-state index contributed by atoms with van der Waals surface area (Å²) in [7, 11) is 2.80. The van der Waals surface area contributed by atoms with Crippen LogP contribution in [0.1, 0.15) is 71.1 Å². The van der Waals surface area contributed by atoms with Gasteiger partial charge in [-0.25, -0.2) is 24.4 Å². The number of methoxy groups -OCH3 is 1. The number of carbonyl (C=O) groups is 4. The summed E-state index contributed by atoms with van der Waals surface area (Å²) in [5, 5.41) is 5.27. The summed E-state index contributed by atoms with van der Waals surface area (Å²) in [6.45, 7) is 10.7. The first-order chi connectivity index (χ1) is 20.1. The number of ether oxygens (including phenoxy) is 3. The molecule has 0 aliphatic rings. The van der Waals surface area contributed by atoms with Crippen LogP contribution in [0.5, 0.6) is 0 Å². The second-order valence-corrected chi connectivity index (χ2v) is 12.1. The number of benzene rings is 2. The summed E-state index contributed by atoms with van der Waals surface area (Å²) in [5.74, 6) is -0.488. The molecule has 0 radical (unpaired) electrons. The molecule has 2 aromatic rings. The zero-order valence-corrected chi connectivity index (χ0v) is 26.6. The number of rotatable bonds is 10. The molecule has 2 rings (SSSR count). The molecule has 0 bridgehead atoms. The van der Waals surface area contributed by atoms with Crippen LogP contribution in [0, 0.1) is 0 Å². The molecule has 234 valence electrons. The van der Waals surface area contributed by atoms with Gasteiger partial charge in [0.05, 0.1) is 13.7 Å². The van der Waals surface area contributed by atoms with E-state index in [1.54, 1.807) is 47.6 Å². The molecule has 0 aliphatic heterocycles. The first-order valence-corrected chi connectivity index (χ1v) is 14.3. The van der Waals surface area contributed by atoms with Crippen LogP contribution >= 0.6 is 0 Å². The number of carbonyl (C=O) groups excluding carboxylic acids is 4. The number of aryl methyl sites for hydroxylation is 1. The predicted octanol–water partition coefficient (Wildman–Crippen LogP) is 6.40. The molecule has 10 nitrogen and oxygen atoms in total. The van der Waals surface area contributed by atoms with Gasteiger partial charge in [-0.1, -0.05) is 36.4 Å². The molecule has 0 fully saturated rings. The Morgan fingerprint density at radius 1 is 0.791 bits per heavy atom. The van der Waals surface area contributed by atoms with Crippen molar-refractivity contribution >= 4 is 35.8 Å². The van der Waals surface area contributed by atoms with E-state index in [2.05, 4.69) is 10.1 Å². The summed E-state index contributed by atoms with van der Waals surface area (Å²) in [6.07, 6.45) is 3.99. The van der Waals surface area contributed by atoms with Gasteiger partial charge in [0.2, 0.25) is 5.91 Å². The maximum Gasteiger partial charge on any atom is 0.429 e. The molecule has 1 N–H and O–H groups in total. The Kier molecular flexibility index (Phi) is 12.8. The van der Waals surface area contributed by atoms with Gasteiger partial charge in [0.1, 0.15) is 11.2 Å². The number of hydrazine groups is 1. The van der Waals surface area contributed by atoms with Crippen LogP contribution in [0.25, 0.3) is 6.08 Å². The summed E-state index contributed by atoms with van der Waals surface area (Å²) >= 11 is 0. The highest BCUT2D eigenvalue weighted by atomic mass is 16.6. The Bertz CT molecular complexity index is 1260. The highest BCUT2D eigenvalue weighted by molar-refractivity contribution is 5.90. The fourth-order valence-electron chi connectivity index (χ4n) is 3.80. The molecule has 0 spiro atoms. The first-order valence-electron chi connectivity index (χ1n) is 14.3. The van der Waals surface area contributed by atoms with E-state index in [1.165, 1.54) is 25.2 Å². The van der Waals surface area contributed by atoms with E-state index in [0.717, 1.165) is 28.1 Å².